The standard InChI is InChI=1S/C19H22N2O6/c1-4-11(2)17(19(25)26-3)21-16(23)10-27-18(24)13-9-15(22)20-14-8-6-5-7-12(13)14/h5-9,11,17H,4,10H2,1-3H3,(H,20,22)(H,21,23)/t11-,17+/m1/s1. The highest BCUT2D eigenvalue weighted by Gasteiger charge is 2.27. The maximum atomic E-state index is 12.3. The number of pyridine rings is 1. The molecule has 2 N–H and O–H groups in total. The van der Waals surface area contributed by atoms with Gasteiger partial charge < -0.3 is 19.8 Å². The number of hydrogen-bond donors (Lipinski definition) is 2. The van der Waals surface area contributed by atoms with E-state index in [1.165, 1.54) is 7.11 Å². The Bertz CT molecular complexity index is 904. The summed E-state index contributed by atoms with van der Waals surface area (Å²) in [6.07, 6.45) is 0.651. The van der Waals surface area contributed by atoms with Crippen molar-refractivity contribution in [2.24, 2.45) is 5.92 Å². The van der Waals surface area contributed by atoms with Gasteiger partial charge in [0.1, 0.15) is 6.04 Å². The summed E-state index contributed by atoms with van der Waals surface area (Å²) in [6.45, 7) is 3.10. The molecule has 0 aliphatic carbocycles. The predicted octanol–water partition coefficient (Wildman–Crippen LogP) is 1.39. The molecule has 1 aromatic carbocycles. The third kappa shape index (κ3) is 4.93. The molecule has 0 aliphatic rings. The SMILES string of the molecule is CC[C@@H](C)[C@H](NC(=O)COC(=O)c1cc(=O)[nH]c2ccccc12)C(=O)OC. The Morgan fingerprint density at radius 2 is 1.93 bits per heavy atom. The first kappa shape index (κ1) is 20.2. The lowest BCUT2D eigenvalue weighted by molar-refractivity contribution is -0.147. The first-order valence-corrected chi connectivity index (χ1v) is 8.53. The number of carbonyl (C=O) groups excluding carboxylic acids is 3. The largest absolute Gasteiger partial charge is 0.467 e. The van der Waals surface area contributed by atoms with E-state index in [4.69, 9.17) is 9.47 Å². The van der Waals surface area contributed by atoms with Gasteiger partial charge in [0.05, 0.1) is 12.7 Å². The Morgan fingerprint density at radius 1 is 1.22 bits per heavy atom. The van der Waals surface area contributed by atoms with Gasteiger partial charge in [-0.3, -0.25) is 9.59 Å². The number of aromatic nitrogens is 1. The minimum Gasteiger partial charge on any atom is -0.467 e. The van der Waals surface area contributed by atoms with E-state index in [-0.39, 0.29) is 11.5 Å². The third-order valence-corrected chi connectivity index (χ3v) is 4.29. The zero-order chi connectivity index (χ0) is 20.0. The monoisotopic (exact) mass is 374 g/mol. The summed E-state index contributed by atoms with van der Waals surface area (Å²) in [5.41, 5.74) is 0.102. The lowest BCUT2D eigenvalue weighted by Crippen LogP contribution is -2.47. The van der Waals surface area contributed by atoms with Gasteiger partial charge in [-0.2, -0.15) is 0 Å². The molecule has 0 fully saturated rings. The molecule has 0 aliphatic heterocycles. The highest BCUT2D eigenvalue weighted by molar-refractivity contribution is 6.03. The fraction of sp³-hybridized carbons (Fsp3) is 0.368. The van der Waals surface area contributed by atoms with Crippen LogP contribution in [0.4, 0.5) is 0 Å². The maximum absolute atomic E-state index is 12.3. The van der Waals surface area contributed by atoms with E-state index >= 15 is 0 Å². The van der Waals surface area contributed by atoms with Gasteiger partial charge in [-0.15, -0.1) is 0 Å². The van der Waals surface area contributed by atoms with E-state index < -0.39 is 36.1 Å². The van der Waals surface area contributed by atoms with E-state index in [1.807, 2.05) is 6.92 Å². The van der Waals surface area contributed by atoms with Crippen LogP contribution in [-0.4, -0.2) is 42.6 Å². The van der Waals surface area contributed by atoms with Crippen LogP contribution in [-0.2, 0) is 19.1 Å². The van der Waals surface area contributed by atoms with Crippen molar-refractivity contribution in [1.29, 1.82) is 0 Å². The number of amides is 1. The van der Waals surface area contributed by atoms with Gasteiger partial charge >= 0.3 is 11.9 Å². The molecular weight excluding hydrogens is 352 g/mol. The minimum atomic E-state index is -0.827. The molecule has 8 nitrogen and oxygen atoms in total. The van der Waals surface area contributed by atoms with Crippen LogP contribution >= 0.6 is 0 Å². The van der Waals surface area contributed by atoms with Gasteiger partial charge in [0.15, 0.2) is 6.61 Å². The van der Waals surface area contributed by atoms with Crippen molar-refractivity contribution in [3.05, 3.63) is 46.2 Å². The van der Waals surface area contributed by atoms with E-state index in [0.29, 0.717) is 17.3 Å². The van der Waals surface area contributed by atoms with Gasteiger partial charge in [-0.25, -0.2) is 9.59 Å². The molecule has 27 heavy (non-hydrogen) atoms. The number of para-hydroxylation sites is 1. The molecule has 1 heterocycles. The minimum absolute atomic E-state index is 0.0635. The molecule has 1 amide bonds. The van der Waals surface area contributed by atoms with Crippen LogP contribution in [0.5, 0.6) is 0 Å². The van der Waals surface area contributed by atoms with Crippen molar-refractivity contribution in [2.45, 2.75) is 26.3 Å². The molecule has 0 bridgehead atoms. The van der Waals surface area contributed by atoms with Crippen molar-refractivity contribution >= 4 is 28.7 Å². The first-order valence-electron chi connectivity index (χ1n) is 8.53. The average Bonchev–Trinajstić information content (AvgIpc) is 2.68. The Hall–Kier alpha value is -3.16. The zero-order valence-corrected chi connectivity index (χ0v) is 15.4. The lowest BCUT2D eigenvalue weighted by Gasteiger charge is -2.21. The maximum Gasteiger partial charge on any atom is 0.339 e. The number of benzene rings is 1. The summed E-state index contributed by atoms with van der Waals surface area (Å²) in [4.78, 5) is 50.6. The topological polar surface area (TPSA) is 115 Å². The number of ether oxygens (including phenoxy) is 2. The average molecular weight is 374 g/mol. The molecule has 0 saturated heterocycles. The third-order valence-electron chi connectivity index (χ3n) is 4.29. The van der Waals surface area contributed by atoms with E-state index in [1.54, 1.807) is 31.2 Å². The molecule has 2 atom stereocenters. The van der Waals surface area contributed by atoms with Crippen LogP contribution in [0.25, 0.3) is 10.9 Å². The number of methoxy groups -OCH3 is 1. The van der Waals surface area contributed by atoms with Crippen LogP contribution in [0.1, 0.15) is 30.6 Å². The molecular formula is C19H22N2O6. The number of H-pyrrole nitrogens is 1. The number of hydrogen-bond acceptors (Lipinski definition) is 6. The smallest absolute Gasteiger partial charge is 0.339 e. The summed E-state index contributed by atoms with van der Waals surface area (Å²) in [5.74, 6) is -2.14. The fourth-order valence-electron chi connectivity index (χ4n) is 2.59. The number of aromatic amines is 1. The van der Waals surface area contributed by atoms with Crippen molar-refractivity contribution in [3.63, 3.8) is 0 Å². The second kappa shape index (κ2) is 8.98. The second-order valence-electron chi connectivity index (χ2n) is 6.12. The molecule has 0 radical (unpaired) electrons. The summed E-state index contributed by atoms with van der Waals surface area (Å²) in [5, 5.41) is 3.02. The Labute approximate surface area is 155 Å². The fourth-order valence-corrected chi connectivity index (χ4v) is 2.59. The Balaban J connectivity index is 2.08. The highest BCUT2D eigenvalue weighted by Crippen LogP contribution is 2.15. The molecule has 0 spiro atoms. The van der Waals surface area contributed by atoms with Gasteiger partial charge in [0.25, 0.3) is 5.91 Å². The van der Waals surface area contributed by atoms with Crippen molar-refractivity contribution in [2.75, 3.05) is 13.7 Å². The van der Waals surface area contributed by atoms with Crippen LogP contribution in [0, 0.1) is 5.92 Å². The van der Waals surface area contributed by atoms with E-state index in [2.05, 4.69) is 10.3 Å². The molecule has 1 aromatic heterocycles. The van der Waals surface area contributed by atoms with E-state index in [0.717, 1.165) is 6.07 Å². The number of rotatable bonds is 7. The first-order chi connectivity index (χ1) is 12.9. The van der Waals surface area contributed by atoms with Crippen LogP contribution < -0.4 is 10.9 Å². The molecule has 0 saturated carbocycles. The summed E-state index contributed by atoms with van der Waals surface area (Å²) in [7, 11) is 1.24. The molecule has 144 valence electrons. The van der Waals surface area contributed by atoms with Crippen molar-refractivity contribution in [1.82, 2.24) is 10.3 Å². The van der Waals surface area contributed by atoms with Crippen LogP contribution in [0.2, 0.25) is 0 Å². The molecule has 8 heteroatoms. The van der Waals surface area contributed by atoms with Gasteiger partial charge in [0, 0.05) is 17.0 Å². The predicted molar refractivity (Wildman–Crippen MR) is 98.3 cm³/mol. The van der Waals surface area contributed by atoms with Gasteiger partial charge in [-0.1, -0.05) is 38.5 Å². The zero-order valence-electron chi connectivity index (χ0n) is 15.4. The molecule has 2 rings (SSSR count). The summed E-state index contributed by atoms with van der Waals surface area (Å²) in [6, 6.07) is 7.07. The van der Waals surface area contributed by atoms with Crippen LogP contribution in [0.3, 0.4) is 0 Å². The summed E-state index contributed by atoms with van der Waals surface area (Å²) < 4.78 is 9.72. The van der Waals surface area contributed by atoms with Gasteiger partial charge in [-0.05, 0) is 12.0 Å². The Morgan fingerprint density at radius 3 is 2.59 bits per heavy atom. The van der Waals surface area contributed by atoms with E-state index in [9.17, 15) is 19.2 Å². The van der Waals surface area contributed by atoms with Crippen molar-refractivity contribution in [3.8, 4) is 0 Å². The second-order valence-corrected chi connectivity index (χ2v) is 6.12. The normalized spacial score (nSPS) is 12.9. The summed E-state index contributed by atoms with van der Waals surface area (Å²) >= 11 is 0. The Kier molecular flexibility index (Phi) is 6.70. The lowest BCUT2D eigenvalue weighted by atomic mass is 9.99. The number of fused-ring (bicyclic) bond motifs is 1. The molecule has 2 aromatic rings. The highest BCUT2D eigenvalue weighted by atomic mass is 16.5. The molecule has 0 unspecified atom stereocenters. The number of nitrogens with one attached hydrogen (secondary N) is 2. The number of carbonyl (C=O) groups is 3. The van der Waals surface area contributed by atoms with Gasteiger partial charge in [0.2, 0.25) is 5.56 Å². The van der Waals surface area contributed by atoms with Crippen LogP contribution in [0.15, 0.2) is 35.1 Å². The number of esters is 2. The van der Waals surface area contributed by atoms with Crippen molar-refractivity contribution < 1.29 is 23.9 Å². The quantitative estimate of drug-likeness (QED) is 0.708.